The summed E-state index contributed by atoms with van der Waals surface area (Å²) < 4.78 is 44.3. The van der Waals surface area contributed by atoms with Crippen molar-refractivity contribution in [3.63, 3.8) is 0 Å². The molecular weight excluding hydrogens is 460 g/mol. The van der Waals surface area contributed by atoms with Crippen LogP contribution in [-0.2, 0) is 23.1 Å². The van der Waals surface area contributed by atoms with Crippen molar-refractivity contribution in [2.24, 2.45) is 0 Å². The molecule has 0 spiro atoms. The van der Waals surface area contributed by atoms with E-state index in [1.165, 1.54) is 31.9 Å². The second kappa shape index (κ2) is 11.5. The smallest absolute Gasteiger partial charge is 0.240 e. The van der Waals surface area contributed by atoms with Crippen molar-refractivity contribution >= 4 is 21.4 Å². The van der Waals surface area contributed by atoms with Gasteiger partial charge < -0.3 is 14.2 Å². The molecule has 0 aliphatic carbocycles. The molecule has 0 bridgehead atoms. The highest BCUT2D eigenvalue weighted by molar-refractivity contribution is 7.89. The first kappa shape index (κ1) is 25.0. The number of methoxy groups -OCH3 is 2. The Labute approximate surface area is 200 Å². The van der Waals surface area contributed by atoms with Gasteiger partial charge in [-0.3, -0.25) is 4.90 Å². The van der Waals surface area contributed by atoms with Gasteiger partial charge in [0.2, 0.25) is 10.0 Å². The van der Waals surface area contributed by atoms with Crippen molar-refractivity contribution in [1.29, 1.82) is 0 Å². The van der Waals surface area contributed by atoms with Crippen LogP contribution < -0.4 is 18.9 Å². The topological polar surface area (TPSA) is 77.1 Å². The number of hydrogen-bond donors (Lipinski definition) is 1. The summed E-state index contributed by atoms with van der Waals surface area (Å²) in [5, 5.41) is 4.24. The van der Waals surface area contributed by atoms with Gasteiger partial charge in [-0.05, 0) is 66.2 Å². The molecule has 0 amide bonds. The largest absolute Gasteiger partial charge is 0.493 e. The lowest BCUT2D eigenvalue weighted by Gasteiger charge is -2.19. The zero-order chi connectivity index (χ0) is 23.8. The Kier molecular flexibility index (Phi) is 8.74. The summed E-state index contributed by atoms with van der Waals surface area (Å²) in [6.07, 6.45) is -0.362. The molecule has 0 aliphatic rings. The Morgan fingerprint density at radius 3 is 2.45 bits per heavy atom. The molecule has 33 heavy (non-hydrogen) atoms. The van der Waals surface area contributed by atoms with E-state index in [0.29, 0.717) is 17.2 Å². The van der Waals surface area contributed by atoms with Gasteiger partial charge in [0.15, 0.2) is 11.5 Å². The number of sulfonamides is 1. The van der Waals surface area contributed by atoms with Gasteiger partial charge in [-0.1, -0.05) is 12.1 Å². The number of nitrogens with zero attached hydrogens (tertiary/aromatic N) is 1. The van der Waals surface area contributed by atoms with E-state index in [-0.39, 0.29) is 17.5 Å². The van der Waals surface area contributed by atoms with Gasteiger partial charge in [-0.15, -0.1) is 0 Å². The summed E-state index contributed by atoms with van der Waals surface area (Å²) in [4.78, 5) is 2.34. The molecular formula is C24H30N2O5S2. The number of benzene rings is 2. The first-order valence-electron chi connectivity index (χ1n) is 10.5. The van der Waals surface area contributed by atoms with E-state index >= 15 is 0 Å². The minimum Gasteiger partial charge on any atom is -0.493 e. The summed E-state index contributed by atoms with van der Waals surface area (Å²) in [5.74, 6) is 1.52. The highest BCUT2D eigenvalue weighted by Gasteiger charge is 2.18. The second-order valence-corrected chi connectivity index (χ2v) is 10.3. The third-order valence-electron chi connectivity index (χ3n) is 4.95. The molecule has 0 radical (unpaired) electrons. The first-order chi connectivity index (χ1) is 15.8. The van der Waals surface area contributed by atoms with Crippen LogP contribution in [0.25, 0.3) is 0 Å². The van der Waals surface area contributed by atoms with Crippen molar-refractivity contribution in [2.75, 3.05) is 27.8 Å². The van der Waals surface area contributed by atoms with Crippen molar-refractivity contribution < 1.29 is 22.6 Å². The van der Waals surface area contributed by atoms with E-state index in [4.69, 9.17) is 14.2 Å². The maximum absolute atomic E-state index is 12.7. The van der Waals surface area contributed by atoms with E-state index < -0.39 is 10.0 Å². The molecule has 0 aliphatic heterocycles. The number of rotatable bonds is 12. The molecule has 1 N–H and O–H groups in total. The predicted molar refractivity (Wildman–Crippen MR) is 131 cm³/mol. The summed E-state index contributed by atoms with van der Waals surface area (Å²) in [5.41, 5.74) is 2.42. The summed E-state index contributed by atoms with van der Waals surface area (Å²) >= 11 is 1.70. The van der Waals surface area contributed by atoms with Gasteiger partial charge in [0, 0.05) is 25.7 Å². The molecule has 7 nitrogen and oxygen atoms in total. The molecule has 3 aromatic rings. The molecule has 0 unspecified atom stereocenters. The quantitative estimate of drug-likeness (QED) is 0.411. The van der Waals surface area contributed by atoms with Crippen LogP contribution >= 0.6 is 11.3 Å². The van der Waals surface area contributed by atoms with Crippen molar-refractivity contribution in [2.45, 2.75) is 31.0 Å². The highest BCUT2D eigenvalue weighted by Crippen LogP contribution is 2.29. The molecule has 0 fully saturated rings. The van der Waals surface area contributed by atoms with E-state index in [9.17, 15) is 8.42 Å². The monoisotopic (exact) mass is 490 g/mol. The molecule has 0 saturated heterocycles. The molecule has 178 valence electrons. The molecule has 3 rings (SSSR count). The lowest BCUT2D eigenvalue weighted by molar-refractivity contribution is 0.224. The number of ether oxygens (including phenoxy) is 3. The fraction of sp³-hybridized carbons (Fsp3) is 0.333. The van der Waals surface area contributed by atoms with E-state index in [1.807, 2.05) is 25.1 Å². The number of hydrogen-bond acceptors (Lipinski definition) is 7. The third-order valence-corrected chi connectivity index (χ3v) is 7.10. The summed E-state index contributed by atoms with van der Waals surface area (Å²) in [6.45, 7) is 3.61. The van der Waals surface area contributed by atoms with Crippen LogP contribution in [0.15, 0.2) is 64.2 Å². The van der Waals surface area contributed by atoms with Gasteiger partial charge in [-0.25, -0.2) is 13.1 Å². The van der Waals surface area contributed by atoms with Gasteiger partial charge >= 0.3 is 0 Å². The van der Waals surface area contributed by atoms with Gasteiger partial charge in [0.05, 0.1) is 19.1 Å². The normalized spacial score (nSPS) is 12.5. The number of thiophene rings is 1. The summed E-state index contributed by atoms with van der Waals surface area (Å²) in [7, 11) is 1.32. The Morgan fingerprint density at radius 2 is 1.76 bits per heavy atom. The van der Waals surface area contributed by atoms with Crippen molar-refractivity contribution in [1.82, 2.24) is 9.62 Å². The standard InChI is InChI=1S/C24H30N2O5S2/c1-18(14-25-33(27,28)22-8-9-23(29-3)24(13-22)30-4)31-21-7-5-6-19(12-21)15-26(2)16-20-10-11-32-17-20/h5-13,17-18,25H,14-16H2,1-4H3/t18-/m0/s1. The van der Waals surface area contributed by atoms with Crippen LogP contribution in [0.3, 0.4) is 0 Å². The van der Waals surface area contributed by atoms with Crippen molar-refractivity contribution in [3.05, 3.63) is 70.4 Å². The molecule has 1 atom stereocenters. The summed E-state index contributed by atoms with van der Waals surface area (Å²) in [6, 6.07) is 14.5. The van der Waals surface area contributed by atoms with E-state index in [1.54, 1.807) is 17.4 Å². The minimum absolute atomic E-state index is 0.100. The first-order valence-corrected chi connectivity index (χ1v) is 12.9. The fourth-order valence-electron chi connectivity index (χ4n) is 3.35. The lowest BCUT2D eigenvalue weighted by Crippen LogP contribution is -2.33. The van der Waals surface area contributed by atoms with E-state index in [2.05, 4.69) is 39.6 Å². The van der Waals surface area contributed by atoms with Crippen LogP contribution in [0.1, 0.15) is 18.1 Å². The minimum atomic E-state index is -3.73. The van der Waals surface area contributed by atoms with Crippen LogP contribution in [0.2, 0.25) is 0 Å². The zero-order valence-corrected chi connectivity index (χ0v) is 20.9. The SMILES string of the molecule is COc1ccc(S(=O)(=O)NC[C@H](C)Oc2cccc(CN(C)Cc3ccsc3)c2)cc1OC. The lowest BCUT2D eigenvalue weighted by atomic mass is 10.2. The predicted octanol–water partition coefficient (Wildman–Crippen LogP) is 4.14. The van der Waals surface area contributed by atoms with Gasteiger partial charge in [0.1, 0.15) is 11.9 Å². The Morgan fingerprint density at radius 1 is 1.00 bits per heavy atom. The van der Waals surface area contributed by atoms with Crippen LogP contribution in [0.4, 0.5) is 0 Å². The van der Waals surface area contributed by atoms with Crippen LogP contribution in [-0.4, -0.2) is 47.2 Å². The maximum Gasteiger partial charge on any atom is 0.240 e. The molecule has 0 saturated carbocycles. The van der Waals surface area contributed by atoms with E-state index in [0.717, 1.165) is 18.7 Å². The molecule has 1 heterocycles. The number of nitrogens with one attached hydrogen (secondary N) is 1. The van der Waals surface area contributed by atoms with Crippen LogP contribution in [0.5, 0.6) is 17.2 Å². The molecule has 9 heteroatoms. The van der Waals surface area contributed by atoms with Crippen molar-refractivity contribution in [3.8, 4) is 17.2 Å². The fourth-order valence-corrected chi connectivity index (χ4v) is 5.14. The Bertz CT molecular complexity index is 1130. The van der Waals surface area contributed by atoms with Gasteiger partial charge in [-0.2, -0.15) is 11.3 Å². The highest BCUT2D eigenvalue weighted by atomic mass is 32.2. The Hall–Kier alpha value is -2.59. The Balaban J connectivity index is 1.56. The molecule has 2 aromatic carbocycles. The zero-order valence-electron chi connectivity index (χ0n) is 19.3. The maximum atomic E-state index is 12.7. The van der Waals surface area contributed by atoms with Crippen LogP contribution in [0, 0.1) is 0 Å². The second-order valence-electron chi connectivity index (χ2n) is 7.75. The molecule has 1 aromatic heterocycles. The average molecular weight is 491 g/mol. The average Bonchev–Trinajstić information content (AvgIpc) is 3.30. The van der Waals surface area contributed by atoms with Gasteiger partial charge in [0.25, 0.3) is 0 Å². The third kappa shape index (κ3) is 7.20.